The molecule has 0 spiro atoms. The molecule has 0 saturated carbocycles. The number of aromatic nitrogens is 1. The lowest BCUT2D eigenvalue weighted by atomic mass is 10.1. The number of hydrogen-bond acceptors (Lipinski definition) is 4. The number of benzene rings is 1. The van der Waals surface area contributed by atoms with Crippen molar-refractivity contribution in [2.24, 2.45) is 0 Å². The van der Waals surface area contributed by atoms with Gasteiger partial charge in [-0.05, 0) is 49.1 Å². The molecule has 2 aromatic heterocycles. The molecular formula is C23H23N4O3. The van der Waals surface area contributed by atoms with Gasteiger partial charge in [0.05, 0.1) is 6.54 Å². The zero-order valence-electron chi connectivity index (χ0n) is 16.9. The van der Waals surface area contributed by atoms with E-state index in [0.29, 0.717) is 25.2 Å². The highest BCUT2D eigenvalue weighted by Gasteiger charge is 2.21. The van der Waals surface area contributed by atoms with Crippen LogP contribution in [0.3, 0.4) is 0 Å². The molecule has 2 amide bonds. The standard InChI is InChI=1S/C23H23N4O3/c1-14-17-5-3-4-6-19(17)30-20(14)13-27(2)21(28)10-7-15-11-16-8-9-18(24)23(29)26-22(16)25-12-15/h3-7,10-12,18,24H,8-9,13H2,1-2H3,(H,25,26,29)/b10-7+/t18-/m0/s1. The van der Waals surface area contributed by atoms with Gasteiger partial charge in [0.1, 0.15) is 23.2 Å². The van der Waals surface area contributed by atoms with Gasteiger partial charge in [-0.2, -0.15) is 0 Å². The van der Waals surface area contributed by atoms with Gasteiger partial charge in [-0.1, -0.05) is 18.2 Å². The zero-order valence-corrected chi connectivity index (χ0v) is 16.9. The van der Waals surface area contributed by atoms with Crippen molar-refractivity contribution in [1.82, 2.24) is 15.6 Å². The predicted molar refractivity (Wildman–Crippen MR) is 115 cm³/mol. The van der Waals surface area contributed by atoms with Crippen LogP contribution in [-0.2, 0) is 22.6 Å². The van der Waals surface area contributed by atoms with Crippen molar-refractivity contribution >= 4 is 34.7 Å². The van der Waals surface area contributed by atoms with Gasteiger partial charge in [-0.25, -0.2) is 10.7 Å². The Labute approximate surface area is 174 Å². The lowest BCUT2D eigenvalue weighted by molar-refractivity contribution is -0.125. The minimum absolute atomic E-state index is 0.149. The summed E-state index contributed by atoms with van der Waals surface area (Å²) in [5.74, 6) is 0.787. The number of likely N-dealkylation sites (N-methyl/N-ethyl adjacent to an activating group) is 1. The maximum atomic E-state index is 12.6. The number of carbonyl (C=O) groups is 2. The third kappa shape index (κ3) is 3.97. The van der Waals surface area contributed by atoms with Crippen LogP contribution in [0.15, 0.2) is 47.0 Å². The molecule has 2 N–H and O–H groups in total. The Bertz CT molecular complexity index is 1150. The van der Waals surface area contributed by atoms with Gasteiger partial charge >= 0.3 is 0 Å². The van der Waals surface area contributed by atoms with Gasteiger partial charge in [0.25, 0.3) is 0 Å². The van der Waals surface area contributed by atoms with E-state index in [2.05, 4.69) is 10.3 Å². The van der Waals surface area contributed by atoms with Crippen LogP contribution in [0.4, 0.5) is 5.82 Å². The molecule has 7 heteroatoms. The maximum absolute atomic E-state index is 12.6. The molecule has 153 valence electrons. The summed E-state index contributed by atoms with van der Waals surface area (Å²) in [5, 5.41) is 3.74. The molecular weight excluding hydrogens is 380 g/mol. The third-order valence-corrected chi connectivity index (χ3v) is 5.37. The van der Waals surface area contributed by atoms with Crippen molar-refractivity contribution in [3.63, 3.8) is 0 Å². The first kappa shape index (κ1) is 19.8. The second-order valence-corrected chi connectivity index (χ2v) is 7.53. The predicted octanol–water partition coefficient (Wildman–Crippen LogP) is 3.34. The topological polar surface area (TPSA) is 99.2 Å². The fourth-order valence-corrected chi connectivity index (χ4v) is 3.52. The zero-order chi connectivity index (χ0) is 21.3. The number of carbonyl (C=O) groups excluding carboxylic acids is 2. The van der Waals surface area contributed by atoms with E-state index in [9.17, 15) is 9.59 Å². The van der Waals surface area contributed by atoms with Crippen molar-refractivity contribution in [2.75, 3.05) is 12.4 Å². The summed E-state index contributed by atoms with van der Waals surface area (Å²) in [4.78, 5) is 30.2. The summed E-state index contributed by atoms with van der Waals surface area (Å²) < 4.78 is 5.90. The Hall–Kier alpha value is -3.45. The third-order valence-electron chi connectivity index (χ3n) is 5.37. The fraction of sp³-hybridized carbons (Fsp3) is 0.261. The fourth-order valence-electron chi connectivity index (χ4n) is 3.52. The van der Waals surface area contributed by atoms with Crippen molar-refractivity contribution in [1.29, 1.82) is 0 Å². The van der Waals surface area contributed by atoms with E-state index in [1.807, 2.05) is 37.3 Å². The van der Waals surface area contributed by atoms with Crippen LogP contribution in [0.2, 0.25) is 0 Å². The molecule has 30 heavy (non-hydrogen) atoms. The van der Waals surface area contributed by atoms with Crippen LogP contribution in [0.1, 0.15) is 28.9 Å². The van der Waals surface area contributed by atoms with Crippen molar-refractivity contribution < 1.29 is 14.0 Å². The van der Waals surface area contributed by atoms with Crippen LogP contribution in [0.5, 0.6) is 0 Å². The average Bonchev–Trinajstić information content (AvgIpc) is 2.98. The molecule has 1 atom stereocenters. The molecule has 1 radical (unpaired) electrons. The minimum atomic E-state index is -0.782. The van der Waals surface area contributed by atoms with Crippen molar-refractivity contribution in [2.45, 2.75) is 32.4 Å². The summed E-state index contributed by atoms with van der Waals surface area (Å²) in [6.45, 7) is 2.37. The Morgan fingerprint density at radius 3 is 3.00 bits per heavy atom. The molecule has 0 unspecified atom stereocenters. The van der Waals surface area contributed by atoms with Crippen molar-refractivity contribution in [3.8, 4) is 0 Å². The SMILES string of the molecule is Cc1c(CN(C)C(=O)/C=C/c2cnc3c(c2)CC[C@H]([NH])C(=O)N3)oc2ccccc12. The first-order valence-corrected chi connectivity index (χ1v) is 9.83. The van der Waals surface area contributed by atoms with E-state index in [1.165, 1.54) is 6.08 Å². The van der Waals surface area contributed by atoms with E-state index in [-0.39, 0.29) is 11.8 Å². The molecule has 0 saturated heterocycles. The van der Waals surface area contributed by atoms with E-state index in [4.69, 9.17) is 10.2 Å². The second kappa shape index (κ2) is 8.12. The molecule has 0 fully saturated rings. The molecule has 0 aliphatic carbocycles. The molecule has 3 heterocycles. The van der Waals surface area contributed by atoms with Gasteiger partial charge in [-0.15, -0.1) is 0 Å². The largest absolute Gasteiger partial charge is 0.459 e. The van der Waals surface area contributed by atoms with Gasteiger partial charge in [0, 0.05) is 30.3 Å². The Morgan fingerprint density at radius 2 is 2.20 bits per heavy atom. The lowest BCUT2D eigenvalue weighted by Crippen LogP contribution is -2.27. The number of amides is 2. The number of nitrogens with zero attached hydrogens (tertiary/aromatic N) is 2. The van der Waals surface area contributed by atoms with E-state index < -0.39 is 6.04 Å². The normalized spacial score (nSPS) is 16.4. The van der Waals surface area contributed by atoms with Gasteiger partial charge in [0.15, 0.2) is 0 Å². The number of fused-ring (bicyclic) bond motifs is 2. The van der Waals surface area contributed by atoms with Crippen LogP contribution in [0, 0.1) is 6.92 Å². The number of anilines is 1. The Morgan fingerprint density at radius 1 is 1.40 bits per heavy atom. The number of nitrogens with one attached hydrogen (secondary N) is 2. The first-order valence-electron chi connectivity index (χ1n) is 9.83. The number of hydrogen-bond donors (Lipinski definition) is 1. The van der Waals surface area contributed by atoms with Crippen molar-refractivity contribution in [3.05, 3.63) is 65.1 Å². The molecule has 7 nitrogen and oxygen atoms in total. The summed E-state index contributed by atoms with van der Waals surface area (Å²) >= 11 is 0. The molecule has 1 aromatic carbocycles. The molecule has 1 aliphatic rings. The molecule has 3 aromatic rings. The summed E-state index contributed by atoms with van der Waals surface area (Å²) in [5.41, 5.74) is 11.3. The van der Waals surface area contributed by atoms with Crippen LogP contribution in [-0.4, -0.2) is 34.8 Å². The monoisotopic (exact) mass is 403 g/mol. The van der Waals surface area contributed by atoms with Gasteiger partial charge in [0.2, 0.25) is 11.8 Å². The lowest BCUT2D eigenvalue weighted by Gasteiger charge is -2.14. The highest BCUT2D eigenvalue weighted by atomic mass is 16.3. The first-order chi connectivity index (χ1) is 14.4. The van der Waals surface area contributed by atoms with Crippen LogP contribution < -0.4 is 11.1 Å². The summed E-state index contributed by atoms with van der Waals surface area (Å²) in [6, 6.07) is 8.94. The van der Waals surface area contributed by atoms with E-state index >= 15 is 0 Å². The van der Waals surface area contributed by atoms with Gasteiger partial charge in [-0.3, -0.25) is 9.59 Å². The van der Waals surface area contributed by atoms with Gasteiger partial charge < -0.3 is 14.6 Å². The number of furan rings is 1. The molecule has 0 bridgehead atoms. The minimum Gasteiger partial charge on any atom is -0.459 e. The maximum Gasteiger partial charge on any atom is 0.246 e. The van der Waals surface area contributed by atoms with Crippen LogP contribution >= 0.6 is 0 Å². The van der Waals surface area contributed by atoms with Crippen LogP contribution in [0.25, 0.3) is 17.0 Å². The highest BCUT2D eigenvalue weighted by molar-refractivity contribution is 5.95. The number of pyridine rings is 1. The summed E-state index contributed by atoms with van der Waals surface area (Å²) in [6.07, 6.45) is 5.87. The number of rotatable bonds is 4. The average molecular weight is 403 g/mol. The highest BCUT2D eigenvalue weighted by Crippen LogP contribution is 2.26. The smallest absolute Gasteiger partial charge is 0.246 e. The Kier molecular flexibility index (Phi) is 5.37. The molecule has 4 rings (SSSR count). The summed E-state index contributed by atoms with van der Waals surface area (Å²) in [7, 11) is 1.73. The van der Waals surface area contributed by atoms with E-state index in [0.717, 1.165) is 33.4 Å². The van der Waals surface area contributed by atoms with E-state index in [1.54, 1.807) is 24.2 Å². The second-order valence-electron chi connectivity index (χ2n) is 7.53. The number of aryl methyl sites for hydroxylation is 2. The number of para-hydroxylation sites is 1. The Balaban J connectivity index is 1.45. The quantitative estimate of drug-likeness (QED) is 0.675. The molecule has 1 aliphatic heterocycles.